The van der Waals surface area contributed by atoms with Crippen LogP contribution in [0.25, 0.3) is 0 Å². The zero-order valence-electron chi connectivity index (χ0n) is 10.4. The number of rotatable bonds is 4. The summed E-state index contributed by atoms with van der Waals surface area (Å²) in [4.78, 5) is 1.09. The van der Waals surface area contributed by atoms with Gasteiger partial charge in [0.25, 0.3) is 0 Å². The van der Waals surface area contributed by atoms with Gasteiger partial charge in [-0.3, -0.25) is 0 Å². The van der Waals surface area contributed by atoms with E-state index in [4.69, 9.17) is 11.6 Å². The van der Waals surface area contributed by atoms with Gasteiger partial charge in [0.05, 0.1) is 5.02 Å². The smallest absolute Gasteiger partial charge is 0.248 e. The molecule has 0 saturated heterocycles. The van der Waals surface area contributed by atoms with Crippen LogP contribution in [0.3, 0.4) is 0 Å². The highest BCUT2D eigenvalue weighted by molar-refractivity contribution is 7.10. The molecule has 1 atom stereocenters. The number of hydrogen-bond acceptors (Lipinski definition) is 2. The van der Waals surface area contributed by atoms with Crippen molar-refractivity contribution in [3.05, 3.63) is 21.3 Å². The summed E-state index contributed by atoms with van der Waals surface area (Å²) in [6, 6.07) is 2.00. The molecule has 1 saturated carbocycles. The number of nitrogens with one attached hydrogen (secondary N) is 1. The second-order valence-corrected chi connectivity index (χ2v) is 6.22. The average Bonchev–Trinajstić information content (AvgIpc) is 2.73. The highest BCUT2D eigenvalue weighted by Crippen LogP contribution is 2.43. The van der Waals surface area contributed by atoms with Crippen molar-refractivity contribution in [3.8, 4) is 0 Å². The lowest BCUT2D eigenvalue weighted by Gasteiger charge is -2.34. The van der Waals surface area contributed by atoms with E-state index in [-0.39, 0.29) is 24.8 Å². The van der Waals surface area contributed by atoms with E-state index in [0.717, 1.165) is 16.4 Å². The van der Waals surface area contributed by atoms with Crippen molar-refractivity contribution in [3.63, 3.8) is 0 Å². The fourth-order valence-electron chi connectivity index (χ4n) is 2.62. The predicted octanol–water partition coefficient (Wildman–Crippen LogP) is 4.88. The van der Waals surface area contributed by atoms with Crippen LogP contribution < -0.4 is 5.32 Å². The Morgan fingerprint density at radius 1 is 1.50 bits per heavy atom. The van der Waals surface area contributed by atoms with Gasteiger partial charge >= 0.3 is 0 Å². The lowest BCUT2D eigenvalue weighted by Crippen LogP contribution is -2.33. The molecule has 1 aromatic heterocycles. The molecule has 0 bridgehead atoms. The Bertz CT molecular complexity index is 384. The average molecular weight is 294 g/mol. The van der Waals surface area contributed by atoms with Crippen molar-refractivity contribution >= 4 is 22.9 Å². The fraction of sp³-hybridized carbons (Fsp3) is 0.692. The minimum Gasteiger partial charge on any atom is -0.309 e. The molecule has 0 spiro atoms. The second kappa shape index (κ2) is 5.85. The van der Waals surface area contributed by atoms with E-state index in [2.05, 4.69) is 5.32 Å². The molecule has 0 aromatic carbocycles. The van der Waals surface area contributed by atoms with Gasteiger partial charge in [0.15, 0.2) is 0 Å². The van der Waals surface area contributed by atoms with Crippen molar-refractivity contribution in [2.75, 3.05) is 6.54 Å². The molecule has 0 amide bonds. The van der Waals surface area contributed by atoms with Crippen LogP contribution in [-0.2, 0) is 0 Å². The molecule has 2 rings (SSSR count). The first-order valence-electron chi connectivity index (χ1n) is 6.37. The quantitative estimate of drug-likeness (QED) is 0.834. The molecule has 1 nitrogen and oxygen atoms in total. The monoisotopic (exact) mass is 293 g/mol. The fourth-order valence-corrected chi connectivity index (χ4v) is 3.96. The number of hydrogen-bond donors (Lipinski definition) is 1. The first-order valence-corrected chi connectivity index (χ1v) is 7.63. The molecule has 1 aromatic rings. The highest BCUT2D eigenvalue weighted by Gasteiger charge is 2.38. The standard InChI is InChI=1S/C13H18ClF2NS/c1-2-17-11(12-10(14)5-8-18-12)9-3-6-13(15,16)7-4-9/h5,8-9,11,17H,2-4,6-7H2,1H3. The zero-order valence-corrected chi connectivity index (χ0v) is 12.0. The molecule has 1 fully saturated rings. The minimum absolute atomic E-state index is 0.00253. The molecular formula is C13H18ClF2NS. The van der Waals surface area contributed by atoms with Gasteiger partial charge in [0.1, 0.15) is 0 Å². The van der Waals surface area contributed by atoms with Crippen LogP contribution in [0, 0.1) is 5.92 Å². The number of halogens is 3. The van der Waals surface area contributed by atoms with Crippen LogP contribution in [-0.4, -0.2) is 12.5 Å². The van der Waals surface area contributed by atoms with E-state index in [1.54, 1.807) is 11.3 Å². The third-order valence-corrected chi connectivity index (χ3v) is 5.03. The summed E-state index contributed by atoms with van der Waals surface area (Å²) in [7, 11) is 0. The van der Waals surface area contributed by atoms with Gasteiger partial charge in [0.2, 0.25) is 5.92 Å². The third-order valence-electron chi connectivity index (χ3n) is 3.58. The summed E-state index contributed by atoms with van der Waals surface area (Å²) >= 11 is 7.78. The largest absolute Gasteiger partial charge is 0.309 e. The number of thiophene rings is 1. The van der Waals surface area contributed by atoms with Gasteiger partial charge in [-0.2, -0.15) is 0 Å². The molecular weight excluding hydrogens is 276 g/mol. The Balaban J connectivity index is 2.10. The minimum atomic E-state index is -2.47. The van der Waals surface area contributed by atoms with Gasteiger partial charge in [-0.15, -0.1) is 11.3 Å². The summed E-state index contributed by atoms with van der Waals surface area (Å²) < 4.78 is 26.4. The molecule has 1 heterocycles. The van der Waals surface area contributed by atoms with Gasteiger partial charge in [0, 0.05) is 23.8 Å². The van der Waals surface area contributed by atoms with Crippen LogP contribution in [0.1, 0.15) is 43.5 Å². The zero-order chi connectivity index (χ0) is 13.2. The lowest BCUT2D eigenvalue weighted by molar-refractivity contribution is -0.0495. The molecule has 102 valence electrons. The Morgan fingerprint density at radius 2 is 2.17 bits per heavy atom. The molecule has 5 heteroatoms. The van der Waals surface area contributed by atoms with Gasteiger partial charge < -0.3 is 5.32 Å². The Hall–Kier alpha value is -0.190. The van der Waals surface area contributed by atoms with Crippen LogP contribution in [0.5, 0.6) is 0 Å². The maximum Gasteiger partial charge on any atom is 0.248 e. The lowest BCUT2D eigenvalue weighted by atomic mass is 9.81. The maximum atomic E-state index is 13.2. The van der Waals surface area contributed by atoms with Gasteiger partial charge in [-0.1, -0.05) is 18.5 Å². The summed E-state index contributed by atoms with van der Waals surface area (Å²) in [5, 5.41) is 6.11. The summed E-state index contributed by atoms with van der Waals surface area (Å²) in [5.74, 6) is -2.20. The number of alkyl halides is 2. The molecule has 1 aliphatic carbocycles. The predicted molar refractivity (Wildman–Crippen MR) is 72.7 cm³/mol. The van der Waals surface area contributed by atoms with Crippen molar-refractivity contribution in [1.82, 2.24) is 5.32 Å². The van der Waals surface area contributed by atoms with Crippen molar-refractivity contribution in [2.24, 2.45) is 5.92 Å². The molecule has 1 N–H and O–H groups in total. The van der Waals surface area contributed by atoms with Crippen molar-refractivity contribution in [1.29, 1.82) is 0 Å². The molecule has 18 heavy (non-hydrogen) atoms. The summed E-state index contributed by atoms with van der Waals surface area (Å²) in [6.07, 6.45) is 1.14. The SMILES string of the molecule is CCNC(c1sccc1Cl)C1CCC(F)(F)CC1. The molecule has 1 aliphatic rings. The van der Waals surface area contributed by atoms with E-state index in [1.165, 1.54) is 0 Å². The van der Waals surface area contributed by atoms with E-state index < -0.39 is 5.92 Å². The third kappa shape index (κ3) is 3.22. The summed E-state index contributed by atoms with van der Waals surface area (Å²) in [6.45, 7) is 2.86. The van der Waals surface area contributed by atoms with Crippen molar-refractivity contribution in [2.45, 2.75) is 44.6 Å². The summed E-state index contributed by atoms with van der Waals surface area (Å²) in [5.41, 5.74) is 0. The first kappa shape index (κ1) is 14.2. The van der Waals surface area contributed by atoms with Crippen LogP contribution in [0.2, 0.25) is 5.02 Å². The van der Waals surface area contributed by atoms with Gasteiger partial charge in [-0.25, -0.2) is 8.78 Å². The van der Waals surface area contributed by atoms with E-state index >= 15 is 0 Å². The van der Waals surface area contributed by atoms with Crippen LogP contribution in [0.4, 0.5) is 8.78 Å². The highest BCUT2D eigenvalue weighted by atomic mass is 35.5. The van der Waals surface area contributed by atoms with Gasteiger partial charge in [-0.05, 0) is 36.8 Å². The van der Waals surface area contributed by atoms with E-state index in [0.29, 0.717) is 12.8 Å². The maximum absolute atomic E-state index is 13.2. The Labute approximate surface area is 116 Å². The molecule has 0 radical (unpaired) electrons. The van der Waals surface area contributed by atoms with Crippen LogP contribution in [0.15, 0.2) is 11.4 Å². The Kier molecular flexibility index (Phi) is 4.62. The van der Waals surface area contributed by atoms with Crippen molar-refractivity contribution < 1.29 is 8.78 Å². The Morgan fingerprint density at radius 3 is 2.67 bits per heavy atom. The second-order valence-electron chi connectivity index (χ2n) is 4.86. The topological polar surface area (TPSA) is 12.0 Å². The normalized spacial score (nSPS) is 22.0. The molecule has 1 unspecified atom stereocenters. The van der Waals surface area contributed by atoms with E-state index in [1.807, 2.05) is 18.4 Å². The first-order chi connectivity index (χ1) is 8.53. The van der Waals surface area contributed by atoms with E-state index in [9.17, 15) is 8.78 Å². The molecule has 0 aliphatic heterocycles. The van der Waals surface area contributed by atoms with Crippen LogP contribution >= 0.6 is 22.9 Å².